The summed E-state index contributed by atoms with van der Waals surface area (Å²) in [5.41, 5.74) is -1.35. The quantitative estimate of drug-likeness (QED) is 0.410. The summed E-state index contributed by atoms with van der Waals surface area (Å²) in [5, 5.41) is 2.40. The Labute approximate surface area is 212 Å². The lowest BCUT2D eigenvalue weighted by atomic mass is 9.48. The van der Waals surface area contributed by atoms with E-state index in [1.165, 1.54) is 31.4 Å². The van der Waals surface area contributed by atoms with Crippen LogP contribution in [0.15, 0.2) is 34.3 Å². The van der Waals surface area contributed by atoms with Crippen LogP contribution in [0.2, 0.25) is 0 Å². The van der Waals surface area contributed by atoms with E-state index >= 15 is 0 Å². The van der Waals surface area contributed by atoms with Crippen LogP contribution in [0.4, 0.5) is 18.9 Å². The van der Waals surface area contributed by atoms with Crippen LogP contribution in [0, 0.1) is 28.6 Å². The van der Waals surface area contributed by atoms with Crippen molar-refractivity contribution in [3.8, 4) is 0 Å². The molecule has 5 rings (SSSR count). The molecule has 3 aliphatic carbocycles. The van der Waals surface area contributed by atoms with E-state index in [9.17, 15) is 22.8 Å². The number of benzene rings is 1. The molecule has 6 atom stereocenters. The minimum absolute atomic E-state index is 0.00280. The predicted molar refractivity (Wildman–Crippen MR) is 131 cm³/mol. The number of carbonyl (C=O) groups excluding carboxylic acids is 2. The van der Waals surface area contributed by atoms with Crippen molar-refractivity contribution in [3.63, 3.8) is 0 Å². The maximum Gasteiger partial charge on any atom is 0.418 e. The van der Waals surface area contributed by atoms with E-state index in [0.717, 1.165) is 31.7 Å². The van der Waals surface area contributed by atoms with Gasteiger partial charge in [-0.05, 0) is 79.9 Å². The Hall–Kier alpha value is -1.83. The molecule has 3 saturated carbocycles. The van der Waals surface area contributed by atoms with E-state index in [2.05, 4.69) is 35.1 Å². The number of rotatable bonds is 2. The van der Waals surface area contributed by atoms with Gasteiger partial charge in [0.1, 0.15) is 5.57 Å². The fourth-order valence-corrected chi connectivity index (χ4v) is 8.46. The molecule has 3 fully saturated rings. The summed E-state index contributed by atoms with van der Waals surface area (Å²) >= 11 is 3.06. The van der Waals surface area contributed by atoms with Crippen molar-refractivity contribution in [2.45, 2.75) is 71.0 Å². The van der Waals surface area contributed by atoms with Gasteiger partial charge in [-0.25, -0.2) is 0 Å². The molecule has 35 heavy (non-hydrogen) atoms. The topological polar surface area (TPSA) is 49.4 Å². The number of carbonyl (C=O) groups is 2. The molecule has 4 aliphatic rings. The van der Waals surface area contributed by atoms with Crippen LogP contribution in [0.25, 0.3) is 0 Å². The number of fused-ring (bicyclic) bond motifs is 5. The first-order valence-electron chi connectivity index (χ1n) is 12.5. The second-order valence-corrected chi connectivity index (χ2v) is 12.5. The van der Waals surface area contributed by atoms with Gasteiger partial charge in [-0.3, -0.25) is 9.59 Å². The average Bonchev–Trinajstić information content (AvgIpc) is 3.18. The zero-order valence-electron chi connectivity index (χ0n) is 20.3. The molecule has 1 unspecified atom stereocenters. The van der Waals surface area contributed by atoms with Crippen molar-refractivity contribution in [2.75, 3.05) is 12.4 Å². The average molecular weight is 553 g/mol. The zero-order valence-corrected chi connectivity index (χ0v) is 21.9. The first-order valence-corrected chi connectivity index (χ1v) is 13.3. The normalized spacial score (nSPS) is 36.7. The van der Waals surface area contributed by atoms with Crippen molar-refractivity contribution >= 4 is 33.4 Å². The molecule has 1 heterocycles. The van der Waals surface area contributed by atoms with Gasteiger partial charge in [-0.1, -0.05) is 42.3 Å². The molecule has 0 bridgehead atoms. The first-order chi connectivity index (χ1) is 16.3. The van der Waals surface area contributed by atoms with E-state index in [4.69, 9.17) is 0 Å². The van der Waals surface area contributed by atoms with Gasteiger partial charge in [-0.2, -0.15) is 13.2 Å². The predicted octanol–water partition coefficient (Wildman–Crippen LogP) is 6.81. The number of likely N-dealkylation sites (N-methyl/N-ethyl adjacent to an activating group) is 1. The number of alkyl halides is 3. The summed E-state index contributed by atoms with van der Waals surface area (Å²) < 4.78 is 41.1. The minimum Gasteiger partial charge on any atom is -0.338 e. The highest BCUT2D eigenvalue weighted by Gasteiger charge is 2.59. The van der Waals surface area contributed by atoms with Crippen LogP contribution in [0.5, 0.6) is 0 Å². The molecule has 2 amide bonds. The SMILES string of the molecule is CN1C(=O)C(C(=O)Nc2ccc(Br)cc2C(F)(F)F)=C[C@@]2(C)C1CC[C@@H]1[C@H]2CC[C@]2(C)CCC[C@@H]12. The molecule has 1 aromatic rings. The number of hydrogen-bond acceptors (Lipinski definition) is 2. The highest BCUT2D eigenvalue weighted by molar-refractivity contribution is 9.10. The number of amides is 2. The van der Waals surface area contributed by atoms with Crippen molar-refractivity contribution in [3.05, 3.63) is 39.9 Å². The summed E-state index contributed by atoms with van der Waals surface area (Å²) in [6.07, 6.45) is 5.15. The first kappa shape index (κ1) is 24.8. The van der Waals surface area contributed by atoms with Gasteiger partial charge >= 0.3 is 6.18 Å². The monoisotopic (exact) mass is 552 g/mol. The van der Waals surface area contributed by atoms with E-state index in [0.29, 0.717) is 23.2 Å². The third-order valence-corrected chi connectivity index (χ3v) is 10.3. The molecule has 8 heteroatoms. The molecule has 0 spiro atoms. The smallest absolute Gasteiger partial charge is 0.338 e. The Bertz CT molecular complexity index is 1100. The highest BCUT2D eigenvalue weighted by atomic mass is 79.9. The molecule has 0 aromatic heterocycles. The lowest BCUT2D eigenvalue weighted by molar-refractivity contribution is -0.141. The van der Waals surface area contributed by atoms with Crippen LogP contribution in [0.3, 0.4) is 0 Å². The van der Waals surface area contributed by atoms with Crippen LogP contribution >= 0.6 is 15.9 Å². The van der Waals surface area contributed by atoms with Gasteiger partial charge in [0.05, 0.1) is 11.3 Å². The molecule has 190 valence electrons. The van der Waals surface area contributed by atoms with Gasteiger partial charge in [0.2, 0.25) is 0 Å². The number of nitrogens with zero attached hydrogens (tertiary/aromatic N) is 1. The summed E-state index contributed by atoms with van der Waals surface area (Å²) in [6.45, 7) is 4.58. The van der Waals surface area contributed by atoms with Crippen molar-refractivity contribution < 1.29 is 22.8 Å². The highest BCUT2D eigenvalue weighted by Crippen LogP contribution is 2.64. The van der Waals surface area contributed by atoms with E-state index in [1.54, 1.807) is 11.9 Å². The number of hydrogen-bond donors (Lipinski definition) is 1. The molecule has 0 radical (unpaired) electrons. The van der Waals surface area contributed by atoms with Crippen LogP contribution in [0.1, 0.15) is 64.4 Å². The Balaban J connectivity index is 1.49. The Morgan fingerprint density at radius 3 is 2.57 bits per heavy atom. The Morgan fingerprint density at radius 2 is 1.86 bits per heavy atom. The van der Waals surface area contributed by atoms with Gasteiger partial charge in [0.25, 0.3) is 11.8 Å². The molecule has 1 aliphatic heterocycles. The van der Waals surface area contributed by atoms with Crippen LogP contribution in [-0.4, -0.2) is 29.8 Å². The van der Waals surface area contributed by atoms with Crippen molar-refractivity contribution in [1.29, 1.82) is 0 Å². The molecular formula is C27H32BrF3N2O2. The number of nitrogens with one attached hydrogen (secondary N) is 1. The Morgan fingerprint density at radius 1 is 1.11 bits per heavy atom. The van der Waals surface area contributed by atoms with E-state index in [1.807, 2.05) is 6.08 Å². The minimum atomic E-state index is -4.64. The maximum atomic E-state index is 13.6. The Kier molecular flexibility index (Phi) is 5.93. The van der Waals surface area contributed by atoms with Crippen molar-refractivity contribution in [1.82, 2.24) is 4.90 Å². The molecule has 1 N–H and O–H groups in total. The van der Waals surface area contributed by atoms with Crippen molar-refractivity contribution in [2.24, 2.45) is 28.6 Å². The second-order valence-electron chi connectivity index (χ2n) is 11.5. The second kappa shape index (κ2) is 8.35. The molecule has 0 saturated heterocycles. The van der Waals surface area contributed by atoms with E-state index < -0.39 is 23.6 Å². The van der Waals surface area contributed by atoms with Crippen LogP contribution < -0.4 is 5.32 Å². The maximum absolute atomic E-state index is 13.6. The molecular weight excluding hydrogens is 521 g/mol. The summed E-state index contributed by atoms with van der Waals surface area (Å²) in [5.74, 6) is 0.385. The lowest BCUT2D eigenvalue weighted by Gasteiger charge is -2.60. The molecule has 4 nitrogen and oxygen atoms in total. The zero-order chi connectivity index (χ0) is 25.3. The summed E-state index contributed by atoms with van der Waals surface area (Å²) in [4.78, 5) is 28.2. The summed E-state index contributed by atoms with van der Waals surface area (Å²) in [7, 11) is 1.73. The largest absolute Gasteiger partial charge is 0.418 e. The third-order valence-electron chi connectivity index (χ3n) is 9.76. The fraction of sp³-hybridized carbons (Fsp3) is 0.630. The summed E-state index contributed by atoms with van der Waals surface area (Å²) in [6, 6.07) is 3.59. The number of halogens is 4. The van der Waals surface area contributed by atoms with Gasteiger partial charge < -0.3 is 10.2 Å². The van der Waals surface area contributed by atoms with Gasteiger partial charge in [0, 0.05) is 23.0 Å². The van der Waals surface area contributed by atoms with Gasteiger partial charge in [0.15, 0.2) is 0 Å². The molecule has 1 aromatic carbocycles. The standard InChI is InChI=1S/C27H32BrF3N2O2/c1-25-11-4-5-18(25)16-7-9-22-26(2,19(16)10-12-25)14-17(24(35)33(22)3)23(34)32-21-8-6-15(28)13-20(21)27(29,30)31/h6,8,13-14,16,18-19,22H,4-5,7,9-12H2,1-3H3,(H,32,34)/t16-,18-,19+,22?,25-,26+/m0/s1. The fourth-order valence-electron chi connectivity index (χ4n) is 8.09. The third kappa shape index (κ3) is 3.94. The van der Waals surface area contributed by atoms with E-state index in [-0.39, 0.29) is 27.2 Å². The van der Waals surface area contributed by atoms with Gasteiger partial charge in [-0.15, -0.1) is 0 Å². The number of anilines is 1. The lowest BCUT2D eigenvalue weighted by Crippen LogP contribution is -2.60. The van der Waals surface area contributed by atoms with Crippen LogP contribution in [-0.2, 0) is 15.8 Å².